The van der Waals surface area contributed by atoms with Crippen LogP contribution in [0.2, 0.25) is 0 Å². The van der Waals surface area contributed by atoms with Crippen molar-refractivity contribution < 1.29 is 27.1 Å². The molecule has 0 radical (unpaired) electrons. The van der Waals surface area contributed by atoms with Crippen LogP contribution in [0.5, 0.6) is 5.88 Å². The van der Waals surface area contributed by atoms with Crippen molar-refractivity contribution in [3.63, 3.8) is 0 Å². The van der Waals surface area contributed by atoms with Gasteiger partial charge in [-0.1, -0.05) is 37.3 Å². The van der Waals surface area contributed by atoms with Gasteiger partial charge in [0.05, 0.1) is 22.3 Å². The SMILES string of the molecule is CC(C)Cc1cc(OC(=O)Nc2nc3ccc(F)cc3s2)n(Cc2cccc(C(F)(F)F)c2)c1. The Morgan fingerprint density at radius 3 is 2.68 bits per heavy atom. The number of hydrogen-bond donors (Lipinski definition) is 1. The molecular weight excluding hydrogens is 470 g/mol. The molecule has 4 rings (SSSR count). The maximum absolute atomic E-state index is 13.4. The summed E-state index contributed by atoms with van der Waals surface area (Å²) < 4.78 is 60.4. The van der Waals surface area contributed by atoms with Crippen LogP contribution >= 0.6 is 11.3 Å². The van der Waals surface area contributed by atoms with Crippen LogP contribution in [-0.4, -0.2) is 15.6 Å². The third-order valence-electron chi connectivity index (χ3n) is 4.92. The first kappa shape index (κ1) is 23.7. The standard InChI is InChI=1S/C24H21F4N3O2S/c1-14(2)8-16-10-21(31(13-16)12-15-4-3-5-17(9-15)24(26,27)28)33-23(32)30-22-29-19-7-6-18(25)11-20(19)34-22/h3-7,9-11,13-14H,8,12H2,1-2H3,(H,29,30,32). The lowest BCUT2D eigenvalue weighted by atomic mass is 10.1. The lowest BCUT2D eigenvalue weighted by molar-refractivity contribution is -0.137. The summed E-state index contributed by atoms with van der Waals surface area (Å²) in [5, 5.41) is 2.77. The largest absolute Gasteiger partial charge is 0.420 e. The number of rotatable bonds is 6. The van der Waals surface area contributed by atoms with E-state index in [1.807, 2.05) is 13.8 Å². The van der Waals surface area contributed by atoms with Crippen molar-refractivity contribution in [1.82, 2.24) is 9.55 Å². The summed E-state index contributed by atoms with van der Waals surface area (Å²) in [6, 6.07) is 10.8. The molecule has 1 N–H and O–H groups in total. The highest BCUT2D eigenvalue weighted by molar-refractivity contribution is 7.22. The predicted molar refractivity (Wildman–Crippen MR) is 123 cm³/mol. The van der Waals surface area contributed by atoms with Gasteiger partial charge in [-0.25, -0.2) is 14.2 Å². The van der Waals surface area contributed by atoms with E-state index in [9.17, 15) is 22.4 Å². The first-order valence-corrected chi connectivity index (χ1v) is 11.3. The summed E-state index contributed by atoms with van der Waals surface area (Å²) in [4.78, 5) is 16.8. The summed E-state index contributed by atoms with van der Waals surface area (Å²) in [7, 11) is 0. The molecule has 34 heavy (non-hydrogen) atoms. The van der Waals surface area contributed by atoms with Crippen LogP contribution < -0.4 is 10.1 Å². The van der Waals surface area contributed by atoms with Crippen molar-refractivity contribution >= 4 is 32.8 Å². The fourth-order valence-electron chi connectivity index (χ4n) is 3.54. The summed E-state index contributed by atoms with van der Waals surface area (Å²) in [6.07, 6.45) is -2.78. The fraction of sp³-hybridized carbons (Fsp3) is 0.250. The Morgan fingerprint density at radius 2 is 1.94 bits per heavy atom. The van der Waals surface area contributed by atoms with Crippen molar-refractivity contribution in [3.8, 4) is 5.88 Å². The Morgan fingerprint density at radius 1 is 1.15 bits per heavy atom. The van der Waals surface area contributed by atoms with E-state index >= 15 is 0 Å². The molecule has 2 aromatic carbocycles. The molecule has 4 aromatic rings. The average molecular weight is 492 g/mol. The molecule has 0 aliphatic carbocycles. The van der Waals surface area contributed by atoms with Gasteiger partial charge in [-0.3, -0.25) is 5.32 Å². The van der Waals surface area contributed by atoms with Gasteiger partial charge < -0.3 is 9.30 Å². The maximum Gasteiger partial charge on any atom is 0.420 e. The summed E-state index contributed by atoms with van der Waals surface area (Å²) in [5.41, 5.74) is 1.10. The van der Waals surface area contributed by atoms with Crippen LogP contribution in [0.4, 0.5) is 27.5 Å². The van der Waals surface area contributed by atoms with Gasteiger partial charge in [-0.2, -0.15) is 13.2 Å². The van der Waals surface area contributed by atoms with E-state index in [1.165, 1.54) is 24.3 Å². The Kier molecular flexibility index (Phi) is 6.60. The third-order valence-corrected chi connectivity index (χ3v) is 5.86. The van der Waals surface area contributed by atoms with E-state index in [0.717, 1.165) is 29.0 Å². The molecular formula is C24H21F4N3O2S. The van der Waals surface area contributed by atoms with Gasteiger partial charge in [0.25, 0.3) is 0 Å². The number of hydrogen-bond acceptors (Lipinski definition) is 4. The third kappa shape index (κ3) is 5.74. The number of anilines is 1. The molecule has 0 spiro atoms. The van der Waals surface area contributed by atoms with Crippen LogP contribution in [0.25, 0.3) is 10.2 Å². The molecule has 0 atom stereocenters. The van der Waals surface area contributed by atoms with E-state index in [2.05, 4.69) is 10.3 Å². The number of thiazole rings is 1. The van der Waals surface area contributed by atoms with E-state index in [-0.39, 0.29) is 17.6 Å². The molecule has 178 valence electrons. The molecule has 0 saturated heterocycles. The van der Waals surface area contributed by atoms with E-state index in [0.29, 0.717) is 28.1 Å². The van der Waals surface area contributed by atoms with Crippen molar-refractivity contribution in [2.45, 2.75) is 33.0 Å². The Labute approximate surface area is 197 Å². The predicted octanol–water partition coefficient (Wildman–Crippen LogP) is 7.11. The van der Waals surface area contributed by atoms with Gasteiger partial charge in [0.2, 0.25) is 5.88 Å². The quantitative estimate of drug-likeness (QED) is 0.292. The number of carbonyl (C=O) groups excluding carboxylic acids is 1. The molecule has 5 nitrogen and oxygen atoms in total. The number of benzene rings is 2. The van der Waals surface area contributed by atoms with Crippen molar-refractivity contribution in [2.75, 3.05) is 5.32 Å². The van der Waals surface area contributed by atoms with Crippen LogP contribution in [0.1, 0.15) is 30.5 Å². The minimum Gasteiger partial charge on any atom is -0.393 e. The number of carbonyl (C=O) groups is 1. The van der Waals surface area contributed by atoms with Gasteiger partial charge in [0, 0.05) is 12.3 Å². The fourth-order valence-corrected chi connectivity index (χ4v) is 4.42. The Hall–Kier alpha value is -3.40. The Bertz CT molecular complexity index is 1330. The lowest BCUT2D eigenvalue weighted by Gasteiger charge is -2.12. The lowest BCUT2D eigenvalue weighted by Crippen LogP contribution is -2.18. The van der Waals surface area contributed by atoms with Gasteiger partial charge >= 0.3 is 12.3 Å². The number of nitrogens with one attached hydrogen (secondary N) is 1. The van der Waals surface area contributed by atoms with E-state index in [1.54, 1.807) is 22.9 Å². The normalized spacial score (nSPS) is 11.9. The van der Waals surface area contributed by atoms with Gasteiger partial charge in [-0.15, -0.1) is 0 Å². The summed E-state index contributed by atoms with van der Waals surface area (Å²) in [6.45, 7) is 4.16. The minimum atomic E-state index is -4.45. The van der Waals surface area contributed by atoms with Crippen LogP contribution in [-0.2, 0) is 19.1 Å². The Balaban J connectivity index is 1.55. The molecule has 0 saturated carbocycles. The number of aromatic nitrogens is 2. The zero-order chi connectivity index (χ0) is 24.5. The highest BCUT2D eigenvalue weighted by atomic mass is 32.1. The number of ether oxygens (including phenoxy) is 1. The van der Waals surface area contributed by atoms with Crippen LogP contribution in [0.15, 0.2) is 54.7 Å². The number of nitrogens with zero attached hydrogens (tertiary/aromatic N) is 2. The molecule has 2 aromatic heterocycles. The van der Waals surface area contributed by atoms with Crippen LogP contribution in [0, 0.1) is 11.7 Å². The highest BCUT2D eigenvalue weighted by Crippen LogP contribution is 2.31. The van der Waals surface area contributed by atoms with Crippen molar-refractivity contribution in [3.05, 3.63) is 77.2 Å². The maximum atomic E-state index is 13.4. The second-order valence-corrected chi connectivity index (χ2v) is 9.29. The number of alkyl halides is 3. The first-order valence-electron chi connectivity index (χ1n) is 10.5. The molecule has 10 heteroatoms. The molecule has 1 amide bonds. The smallest absolute Gasteiger partial charge is 0.393 e. The first-order chi connectivity index (χ1) is 16.1. The number of amides is 1. The molecule has 0 fully saturated rings. The highest BCUT2D eigenvalue weighted by Gasteiger charge is 2.30. The van der Waals surface area contributed by atoms with E-state index < -0.39 is 23.7 Å². The van der Waals surface area contributed by atoms with Gasteiger partial charge in [0.15, 0.2) is 5.13 Å². The summed E-state index contributed by atoms with van der Waals surface area (Å²) in [5.74, 6) is 0.113. The molecule has 2 heterocycles. The molecule has 0 aliphatic heterocycles. The second kappa shape index (κ2) is 9.46. The molecule has 0 aliphatic rings. The minimum absolute atomic E-state index is 0.0883. The zero-order valence-electron chi connectivity index (χ0n) is 18.3. The van der Waals surface area contributed by atoms with Gasteiger partial charge in [0.1, 0.15) is 5.82 Å². The molecule has 0 bridgehead atoms. The van der Waals surface area contributed by atoms with Crippen molar-refractivity contribution in [1.29, 1.82) is 0 Å². The van der Waals surface area contributed by atoms with Crippen molar-refractivity contribution in [2.24, 2.45) is 5.92 Å². The van der Waals surface area contributed by atoms with Gasteiger partial charge in [-0.05, 0) is 53.8 Å². The topological polar surface area (TPSA) is 56.1 Å². The zero-order valence-corrected chi connectivity index (χ0v) is 19.1. The molecule has 0 unspecified atom stereocenters. The second-order valence-electron chi connectivity index (χ2n) is 8.26. The average Bonchev–Trinajstić information content (AvgIpc) is 3.29. The number of halogens is 4. The van der Waals surface area contributed by atoms with Crippen LogP contribution in [0.3, 0.4) is 0 Å². The number of fused-ring (bicyclic) bond motifs is 1. The summed E-state index contributed by atoms with van der Waals surface area (Å²) >= 11 is 1.10. The van der Waals surface area contributed by atoms with E-state index in [4.69, 9.17) is 4.74 Å². The monoisotopic (exact) mass is 491 g/mol.